The monoisotopic (exact) mass is 634 g/mol. The van der Waals surface area contributed by atoms with Gasteiger partial charge in [-0.05, 0) is 102 Å². The number of allylic oxidation sites excluding steroid dienone is 1. The van der Waals surface area contributed by atoms with Crippen molar-refractivity contribution in [2.75, 3.05) is 20.6 Å². The van der Waals surface area contributed by atoms with Gasteiger partial charge in [0.15, 0.2) is 6.10 Å². The maximum Gasteiger partial charge on any atom is 0.310 e. The Hall–Kier alpha value is -3.83. The van der Waals surface area contributed by atoms with Gasteiger partial charge in [-0.3, -0.25) is 29.2 Å². The standard InChI is InChI=1S/C35H50N6O5/c1-21(2)31-33(43)38-24(5)34(44)41-17-9-12-30(39-41)32(42)37-23(4)26-15-16-27-20-36-29(19-28(27)18-26)11-8-10-25(35(45)46-31)14-13-22(3)40(6)7/h8,11,15-16,18-25,30-31,39H,9-10,12-14,17H2,1-7H3,(H,37,42)(H,38,43). The van der Waals surface area contributed by atoms with Crippen LogP contribution >= 0.6 is 0 Å². The van der Waals surface area contributed by atoms with E-state index < -0.39 is 36.0 Å². The van der Waals surface area contributed by atoms with Crippen molar-refractivity contribution in [3.63, 3.8) is 0 Å². The molecule has 46 heavy (non-hydrogen) atoms. The number of hydrazine groups is 1. The van der Waals surface area contributed by atoms with Crippen molar-refractivity contribution in [3.8, 4) is 0 Å². The van der Waals surface area contributed by atoms with Gasteiger partial charge < -0.3 is 20.3 Å². The first-order valence-electron chi connectivity index (χ1n) is 16.5. The minimum Gasteiger partial charge on any atom is -0.452 e. The number of nitrogens with one attached hydrogen (secondary N) is 3. The van der Waals surface area contributed by atoms with Crippen molar-refractivity contribution in [2.24, 2.45) is 11.8 Å². The Bertz CT molecular complexity index is 1440. The van der Waals surface area contributed by atoms with Gasteiger partial charge in [0.1, 0.15) is 12.1 Å². The number of benzene rings is 1. The number of cyclic esters (lactones) is 1. The molecule has 1 aromatic heterocycles. The van der Waals surface area contributed by atoms with Crippen molar-refractivity contribution < 1.29 is 23.9 Å². The number of pyridine rings is 1. The molecule has 6 atom stereocenters. The molecule has 3 N–H and O–H groups in total. The number of ether oxygens (including phenoxy) is 1. The molecule has 1 fully saturated rings. The highest BCUT2D eigenvalue weighted by atomic mass is 16.5. The predicted octanol–water partition coefficient (Wildman–Crippen LogP) is 3.74. The van der Waals surface area contributed by atoms with Gasteiger partial charge in [-0.2, -0.15) is 0 Å². The average molecular weight is 635 g/mol. The Labute approximate surface area is 272 Å². The predicted molar refractivity (Wildman–Crippen MR) is 178 cm³/mol. The second-order valence-electron chi connectivity index (χ2n) is 13.3. The summed E-state index contributed by atoms with van der Waals surface area (Å²) < 4.78 is 5.89. The van der Waals surface area contributed by atoms with Crippen LogP contribution in [-0.2, 0) is 23.9 Å². The number of hydrogen-bond acceptors (Lipinski definition) is 8. The van der Waals surface area contributed by atoms with Crippen LogP contribution in [0.2, 0.25) is 0 Å². The number of nitrogens with zero attached hydrogens (tertiary/aromatic N) is 3. The fraction of sp³-hybridized carbons (Fsp3) is 0.571. The SMILES string of the molecule is CC1NC(=O)C(C(C)C)OC(=O)C(CCC(C)N(C)C)CC=Cc2cc3cc(ccc3cn2)C(C)NC(=O)C2CCCN(N2)C1=O. The van der Waals surface area contributed by atoms with Crippen LogP contribution in [0.4, 0.5) is 0 Å². The molecule has 0 saturated carbocycles. The Morgan fingerprint density at radius 3 is 2.46 bits per heavy atom. The molecule has 1 aromatic carbocycles. The zero-order valence-electron chi connectivity index (χ0n) is 28.2. The summed E-state index contributed by atoms with van der Waals surface area (Å²) in [6.07, 6.45) is 7.57. The summed E-state index contributed by atoms with van der Waals surface area (Å²) in [6.45, 7) is 9.67. The van der Waals surface area contributed by atoms with E-state index in [0.717, 1.165) is 28.5 Å². The van der Waals surface area contributed by atoms with Gasteiger partial charge in [-0.1, -0.05) is 32.1 Å². The van der Waals surface area contributed by atoms with E-state index in [1.54, 1.807) is 6.92 Å². The molecule has 2 aliphatic heterocycles. The summed E-state index contributed by atoms with van der Waals surface area (Å²) in [5.41, 5.74) is 4.76. The highest BCUT2D eigenvalue weighted by Crippen LogP contribution is 2.24. The molecule has 3 heterocycles. The fourth-order valence-corrected chi connectivity index (χ4v) is 5.76. The second kappa shape index (κ2) is 15.6. The summed E-state index contributed by atoms with van der Waals surface area (Å²) in [7, 11) is 4.01. The lowest BCUT2D eigenvalue weighted by atomic mass is 9.96. The van der Waals surface area contributed by atoms with Crippen molar-refractivity contribution >= 4 is 40.5 Å². The molecule has 2 aliphatic rings. The van der Waals surface area contributed by atoms with Crippen molar-refractivity contribution in [1.29, 1.82) is 0 Å². The topological polar surface area (TPSA) is 133 Å². The van der Waals surface area contributed by atoms with E-state index in [1.807, 2.05) is 71.4 Å². The van der Waals surface area contributed by atoms with Crippen LogP contribution < -0.4 is 16.1 Å². The molecule has 0 aliphatic carbocycles. The zero-order valence-corrected chi connectivity index (χ0v) is 28.2. The normalized spacial score (nSPS) is 26.1. The number of carbonyl (C=O) groups excluding carboxylic acids is 4. The van der Waals surface area contributed by atoms with Gasteiger partial charge in [0.05, 0.1) is 17.7 Å². The summed E-state index contributed by atoms with van der Waals surface area (Å²) in [5, 5.41) is 9.21. The van der Waals surface area contributed by atoms with E-state index >= 15 is 0 Å². The summed E-state index contributed by atoms with van der Waals surface area (Å²) in [6, 6.07) is 6.51. The lowest BCUT2D eigenvalue weighted by molar-refractivity contribution is -0.163. The quantitative estimate of drug-likeness (QED) is 0.424. The maximum atomic E-state index is 13.6. The highest BCUT2D eigenvalue weighted by Gasteiger charge is 2.35. The molecule has 11 nitrogen and oxygen atoms in total. The van der Waals surface area contributed by atoms with Crippen molar-refractivity contribution in [3.05, 3.63) is 47.8 Å². The van der Waals surface area contributed by atoms with Crippen LogP contribution in [0.15, 0.2) is 36.5 Å². The summed E-state index contributed by atoms with van der Waals surface area (Å²) >= 11 is 0. The third-order valence-electron chi connectivity index (χ3n) is 9.09. The molecular weight excluding hydrogens is 584 g/mol. The van der Waals surface area contributed by atoms with Gasteiger partial charge in [0.2, 0.25) is 5.91 Å². The fourth-order valence-electron chi connectivity index (χ4n) is 5.76. The van der Waals surface area contributed by atoms with Gasteiger partial charge in [-0.15, -0.1) is 0 Å². The first-order chi connectivity index (χ1) is 21.8. The number of carbonyl (C=O) groups is 4. The van der Waals surface area contributed by atoms with Crippen LogP contribution in [0.3, 0.4) is 0 Å². The van der Waals surface area contributed by atoms with Crippen molar-refractivity contribution in [1.82, 2.24) is 31.0 Å². The molecule has 5 bridgehead atoms. The number of fused-ring (bicyclic) bond motifs is 4. The van der Waals surface area contributed by atoms with E-state index in [-0.39, 0.29) is 29.8 Å². The van der Waals surface area contributed by atoms with E-state index in [0.29, 0.717) is 32.2 Å². The van der Waals surface area contributed by atoms with Gasteiger partial charge in [-0.25, -0.2) is 5.43 Å². The molecule has 0 spiro atoms. The van der Waals surface area contributed by atoms with E-state index in [4.69, 9.17) is 4.74 Å². The molecular formula is C35H50N6O5. The lowest BCUT2D eigenvalue weighted by Gasteiger charge is -2.35. The molecule has 0 radical (unpaired) electrons. The molecule has 2 aromatic rings. The Morgan fingerprint density at radius 2 is 1.74 bits per heavy atom. The molecule has 6 unspecified atom stereocenters. The first kappa shape index (κ1) is 35.0. The van der Waals surface area contributed by atoms with E-state index in [1.165, 1.54) is 5.01 Å². The van der Waals surface area contributed by atoms with Gasteiger partial charge in [0.25, 0.3) is 11.8 Å². The van der Waals surface area contributed by atoms with Crippen LogP contribution in [0.1, 0.15) is 84.0 Å². The number of esters is 1. The minimum absolute atomic E-state index is 0.205. The van der Waals surface area contributed by atoms with E-state index in [9.17, 15) is 19.2 Å². The number of rotatable bonds is 5. The Balaban J connectivity index is 1.67. The number of hydrogen-bond donors (Lipinski definition) is 3. The molecule has 4 rings (SSSR count). The smallest absolute Gasteiger partial charge is 0.310 e. The maximum absolute atomic E-state index is 13.6. The van der Waals surface area contributed by atoms with Crippen LogP contribution in [0.5, 0.6) is 0 Å². The average Bonchev–Trinajstić information content (AvgIpc) is 3.03. The Kier molecular flexibility index (Phi) is 11.9. The summed E-state index contributed by atoms with van der Waals surface area (Å²) in [5.74, 6) is -2.32. The minimum atomic E-state index is -1.07. The second-order valence-corrected chi connectivity index (χ2v) is 13.3. The largest absolute Gasteiger partial charge is 0.452 e. The molecule has 3 amide bonds. The zero-order chi connectivity index (χ0) is 33.5. The third kappa shape index (κ3) is 8.91. The number of amides is 3. The summed E-state index contributed by atoms with van der Waals surface area (Å²) in [4.78, 5) is 60.4. The molecule has 1 saturated heterocycles. The van der Waals surface area contributed by atoms with E-state index in [2.05, 4.69) is 38.9 Å². The van der Waals surface area contributed by atoms with Crippen LogP contribution in [0.25, 0.3) is 16.8 Å². The molecule has 11 heteroatoms. The number of aromatic nitrogens is 1. The first-order valence-corrected chi connectivity index (χ1v) is 16.5. The van der Waals surface area contributed by atoms with Crippen LogP contribution in [-0.4, -0.2) is 83.5 Å². The lowest BCUT2D eigenvalue weighted by Crippen LogP contribution is -2.61. The molecule has 250 valence electrons. The third-order valence-corrected chi connectivity index (χ3v) is 9.09. The van der Waals surface area contributed by atoms with Gasteiger partial charge >= 0.3 is 5.97 Å². The van der Waals surface area contributed by atoms with Crippen LogP contribution in [0, 0.1) is 11.8 Å². The highest BCUT2D eigenvalue weighted by molar-refractivity contribution is 5.91. The Morgan fingerprint density at radius 1 is 1.00 bits per heavy atom. The van der Waals surface area contributed by atoms with Gasteiger partial charge in [0, 0.05) is 24.2 Å². The van der Waals surface area contributed by atoms with Crippen molar-refractivity contribution in [2.45, 2.75) is 97.0 Å².